The van der Waals surface area contributed by atoms with Gasteiger partial charge in [-0.3, -0.25) is 9.59 Å². The molecule has 0 atom stereocenters. The molecule has 1 aromatic carbocycles. The zero-order valence-electron chi connectivity index (χ0n) is 19.9. The number of ether oxygens (including phenoxy) is 1. The number of hydrogen-bond donors (Lipinski definition) is 2. The van der Waals surface area contributed by atoms with Crippen LogP contribution in [0.15, 0.2) is 36.5 Å². The fraction of sp³-hybridized carbons (Fsp3) is 0.261. The van der Waals surface area contributed by atoms with Crippen molar-refractivity contribution < 1.29 is 35.9 Å². The van der Waals surface area contributed by atoms with Gasteiger partial charge in [-0.1, -0.05) is 11.6 Å². The molecule has 204 valence electrons. The Morgan fingerprint density at radius 1 is 1.26 bits per heavy atom. The summed E-state index contributed by atoms with van der Waals surface area (Å²) in [7, 11) is -3.21. The monoisotopic (exact) mass is 582 g/mol. The van der Waals surface area contributed by atoms with Crippen LogP contribution in [0.1, 0.15) is 32.0 Å². The number of nitrogens with one attached hydrogen (secondary N) is 2. The van der Waals surface area contributed by atoms with Gasteiger partial charge in [0.25, 0.3) is 11.8 Å². The Balaban J connectivity index is 1.71. The molecule has 0 aliphatic carbocycles. The van der Waals surface area contributed by atoms with E-state index in [0.29, 0.717) is 0 Å². The molecular weight excluding hydrogens is 565 g/mol. The maximum absolute atomic E-state index is 13.4. The molecule has 1 aliphatic heterocycles. The molecule has 1 fully saturated rings. The van der Waals surface area contributed by atoms with Crippen molar-refractivity contribution in [3.05, 3.63) is 63.9 Å². The van der Waals surface area contributed by atoms with E-state index in [0.717, 1.165) is 10.7 Å². The first-order valence-electron chi connectivity index (χ1n) is 11.1. The predicted octanol–water partition coefficient (Wildman–Crippen LogP) is 2.82. The third-order valence-corrected chi connectivity index (χ3v) is 7.48. The van der Waals surface area contributed by atoms with Gasteiger partial charge in [-0.15, -0.1) is 5.10 Å². The number of aromatic nitrogens is 3. The molecule has 1 saturated heterocycles. The maximum atomic E-state index is 13.4. The first kappa shape index (κ1) is 27.9. The third-order valence-electron chi connectivity index (χ3n) is 5.42. The minimum atomic E-state index is -4.69. The highest BCUT2D eigenvalue weighted by molar-refractivity contribution is 7.92. The molecule has 1 aliphatic rings. The molecular formula is C23H18ClF3N6O5S. The average Bonchev–Trinajstić information content (AvgIpc) is 3.25. The smallest absolute Gasteiger partial charge is 0.405 e. The van der Waals surface area contributed by atoms with Crippen LogP contribution >= 0.6 is 11.6 Å². The topological polar surface area (TPSA) is 156 Å². The summed E-state index contributed by atoms with van der Waals surface area (Å²) >= 11 is 6.23. The summed E-state index contributed by atoms with van der Waals surface area (Å²) in [6.07, 6.45) is -3.98. The second kappa shape index (κ2) is 10.5. The molecule has 39 heavy (non-hydrogen) atoms. The van der Waals surface area contributed by atoms with Crippen molar-refractivity contribution in [3.63, 3.8) is 0 Å². The number of sulfone groups is 1. The van der Waals surface area contributed by atoms with Crippen molar-refractivity contribution in [2.75, 3.05) is 23.4 Å². The Hall–Kier alpha value is -4.16. The van der Waals surface area contributed by atoms with E-state index in [1.54, 1.807) is 5.32 Å². The van der Waals surface area contributed by atoms with Crippen molar-refractivity contribution in [2.24, 2.45) is 0 Å². The lowest BCUT2D eigenvalue weighted by atomic mass is 10.0. The minimum absolute atomic E-state index is 0.0147. The first-order chi connectivity index (χ1) is 18.3. The van der Waals surface area contributed by atoms with Crippen molar-refractivity contribution in [1.82, 2.24) is 20.1 Å². The van der Waals surface area contributed by atoms with Crippen molar-refractivity contribution in [2.45, 2.75) is 19.2 Å². The van der Waals surface area contributed by atoms with Gasteiger partial charge >= 0.3 is 6.18 Å². The quantitative estimate of drug-likeness (QED) is 0.431. The molecule has 0 saturated carbocycles. The largest absolute Gasteiger partial charge is 0.471 e. The molecule has 0 radical (unpaired) electrons. The molecule has 0 unspecified atom stereocenters. The highest BCUT2D eigenvalue weighted by atomic mass is 35.5. The first-order valence-corrected chi connectivity index (χ1v) is 13.3. The van der Waals surface area contributed by atoms with Gasteiger partial charge < -0.3 is 15.4 Å². The van der Waals surface area contributed by atoms with Crippen molar-refractivity contribution >= 4 is 38.9 Å². The number of rotatable bonds is 7. The van der Waals surface area contributed by atoms with Crippen LogP contribution in [-0.2, 0) is 9.84 Å². The second-order valence-corrected chi connectivity index (χ2v) is 11.0. The zero-order chi connectivity index (χ0) is 28.5. The number of hydrogen-bond acceptors (Lipinski definition) is 8. The molecule has 3 aromatic rings. The van der Waals surface area contributed by atoms with Gasteiger partial charge in [0.2, 0.25) is 5.88 Å². The molecule has 3 heterocycles. The van der Waals surface area contributed by atoms with Crippen LogP contribution in [-0.4, -0.2) is 65.3 Å². The van der Waals surface area contributed by atoms with E-state index in [4.69, 9.17) is 16.3 Å². The summed E-state index contributed by atoms with van der Waals surface area (Å²) in [4.78, 5) is 30.2. The lowest BCUT2D eigenvalue weighted by molar-refractivity contribution is -0.123. The lowest BCUT2D eigenvalue weighted by Gasteiger charge is -2.25. The number of nitriles is 1. The van der Waals surface area contributed by atoms with Crippen LogP contribution in [0.4, 0.5) is 18.9 Å². The number of aryl methyl sites for hydroxylation is 1. The van der Waals surface area contributed by atoms with Gasteiger partial charge in [0.15, 0.2) is 15.7 Å². The molecule has 0 bridgehead atoms. The normalized spacial score (nSPS) is 14.7. The summed E-state index contributed by atoms with van der Waals surface area (Å²) in [6.45, 7) is -0.174. The van der Waals surface area contributed by atoms with E-state index in [9.17, 15) is 36.4 Å². The van der Waals surface area contributed by atoms with Gasteiger partial charge in [0.1, 0.15) is 18.3 Å². The van der Waals surface area contributed by atoms with Crippen LogP contribution in [0.25, 0.3) is 5.82 Å². The molecule has 11 nitrogen and oxygen atoms in total. The van der Waals surface area contributed by atoms with E-state index in [1.165, 1.54) is 37.4 Å². The Bertz CT molecular complexity index is 1610. The highest BCUT2D eigenvalue weighted by Gasteiger charge is 2.36. The molecule has 2 aromatic heterocycles. The predicted molar refractivity (Wildman–Crippen MR) is 132 cm³/mol. The van der Waals surface area contributed by atoms with Crippen LogP contribution in [0.3, 0.4) is 0 Å². The van der Waals surface area contributed by atoms with Crippen molar-refractivity contribution in [1.29, 1.82) is 5.26 Å². The van der Waals surface area contributed by atoms with E-state index in [2.05, 4.69) is 15.4 Å². The highest BCUT2D eigenvalue weighted by Crippen LogP contribution is 2.28. The Morgan fingerprint density at radius 2 is 1.97 bits per heavy atom. The number of carbonyl (C=O) groups is 2. The molecule has 2 amide bonds. The van der Waals surface area contributed by atoms with Gasteiger partial charge in [-0.2, -0.15) is 18.4 Å². The van der Waals surface area contributed by atoms with Gasteiger partial charge in [0, 0.05) is 12.3 Å². The minimum Gasteiger partial charge on any atom is -0.471 e. The Kier molecular flexibility index (Phi) is 7.53. The third kappa shape index (κ3) is 6.47. The van der Waals surface area contributed by atoms with Gasteiger partial charge in [-0.05, 0) is 36.8 Å². The van der Waals surface area contributed by atoms with E-state index >= 15 is 0 Å². The van der Waals surface area contributed by atoms with E-state index < -0.39 is 40.5 Å². The van der Waals surface area contributed by atoms with Gasteiger partial charge in [0.05, 0.1) is 39.4 Å². The van der Waals surface area contributed by atoms with Crippen LogP contribution in [0, 0.1) is 18.3 Å². The maximum Gasteiger partial charge on any atom is 0.405 e. The fourth-order valence-electron chi connectivity index (χ4n) is 3.68. The number of nitrogens with zero attached hydrogens (tertiary/aromatic N) is 4. The van der Waals surface area contributed by atoms with Crippen molar-refractivity contribution in [3.8, 4) is 17.8 Å². The Labute approximate surface area is 224 Å². The molecule has 0 spiro atoms. The number of pyridine rings is 1. The summed E-state index contributed by atoms with van der Waals surface area (Å²) in [5, 5.41) is 17.8. The number of carbonyl (C=O) groups excluding carboxylic acids is 2. The average molecular weight is 583 g/mol. The van der Waals surface area contributed by atoms with E-state index in [1.807, 2.05) is 6.07 Å². The number of halogens is 4. The van der Waals surface area contributed by atoms with Crippen LogP contribution < -0.4 is 15.4 Å². The molecule has 4 rings (SSSR count). The number of alkyl halides is 3. The molecule has 2 N–H and O–H groups in total. The molecule has 16 heteroatoms. The Morgan fingerprint density at radius 3 is 2.59 bits per heavy atom. The number of benzene rings is 1. The lowest BCUT2D eigenvalue weighted by Crippen LogP contribution is -2.45. The number of anilines is 1. The second-order valence-electron chi connectivity index (χ2n) is 8.48. The summed E-state index contributed by atoms with van der Waals surface area (Å²) in [5.74, 6) is -2.59. The summed E-state index contributed by atoms with van der Waals surface area (Å²) < 4.78 is 67.7. The number of amides is 2. The van der Waals surface area contributed by atoms with Crippen LogP contribution in [0.2, 0.25) is 5.02 Å². The van der Waals surface area contributed by atoms with Gasteiger partial charge in [-0.25, -0.2) is 18.1 Å². The summed E-state index contributed by atoms with van der Waals surface area (Å²) in [6, 6.07) is 8.43. The fourth-order valence-corrected chi connectivity index (χ4v) is 5.05. The van der Waals surface area contributed by atoms with E-state index in [-0.39, 0.29) is 56.3 Å². The SMILES string of the molecule is Cc1cc(C#N)cc(C(=O)NCC(F)(F)F)c1NC(=O)c1cc(OC2CS(=O)(=O)C2)nn1-c1ncccc1Cl. The van der Waals surface area contributed by atoms with Crippen LogP contribution in [0.5, 0.6) is 5.88 Å². The zero-order valence-corrected chi connectivity index (χ0v) is 21.5. The standard InChI is InChI=1S/C23H18ClF3N6O5S/c1-12-5-13(8-28)6-15(21(34)30-11-23(25,26)27)19(12)31-22(35)17-7-18(38-14-9-39(36,37)10-14)32-33(17)20-16(24)3-2-4-29-20/h2-7,14H,9-11H2,1H3,(H,30,34)(H,31,35). The summed E-state index contributed by atoms with van der Waals surface area (Å²) in [5.41, 5.74) is -0.511.